The molecule has 1 aliphatic carbocycles. The van der Waals surface area contributed by atoms with Gasteiger partial charge in [-0.15, -0.1) is 0 Å². The third-order valence-electron chi connectivity index (χ3n) is 6.54. The summed E-state index contributed by atoms with van der Waals surface area (Å²) in [5.74, 6) is 2.28. The molecule has 1 fully saturated rings. The zero-order chi connectivity index (χ0) is 22.4. The van der Waals surface area contributed by atoms with Gasteiger partial charge in [0.25, 0.3) is 0 Å². The number of rotatable bonds is 10. The van der Waals surface area contributed by atoms with Crippen molar-refractivity contribution in [3.63, 3.8) is 0 Å². The minimum atomic E-state index is -1.17. The molecule has 1 aromatic heterocycles. The Kier molecular flexibility index (Phi) is 6.97. The molecule has 2 aromatic carbocycles. The molecule has 5 heteroatoms. The van der Waals surface area contributed by atoms with Crippen LogP contribution in [-0.4, -0.2) is 41.8 Å². The molecule has 5 nitrogen and oxygen atoms in total. The quantitative estimate of drug-likeness (QED) is 0.354. The van der Waals surface area contributed by atoms with Crippen LogP contribution < -0.4 is 4.74 Å². The van der Waals surface area contributed by atoms with Gasteiger partial charge in [-0.3, -0.25) is 0 Å². The van der Waals surface area contributed by atoms with E-state index >= 15 is 0 Å². The fourth-order valence-electron chi connectivity index (χ4n) is 4.83. The lowest BCUT2D eigenvalue weighted by molar-refractivity contribution is -0.904. The number of para-hydroxylation sites is 1. The summed E-state index contributed by atoms with van der Waals surface area (Å²) in [6, 6.07) is 19.8. The van der Waals surface area contributed by atoms with E-state index in [1.165, 1.54) is 0 Å². The Balaban J connectivity index is 1.41. The van der Waals surface area contributed by atoms with Gasteiger partial charge < -0.3 is 18.7 Å². The maximum atomic E-state index is 11.9. The van der Waals surface area contributed by atoms with E-state index in [1.807, 2.05) is 60.7 Å². The Labute approximate surface area is 191 Å². The maximum Gasteiger partial charge on any atom is 0.231 e. The highest BCUT2D eigenvalue weighted by atomic mass is 16.5. The van der Waals surface area contributed by atoms with Crippen LogP contribution in [0.4, 0.5) is 0 Å². The third-order valence-corrected chi connectivity index (χ3v) is 6.54. The van der Waals surface area contributed by atoms with Crippen molar-refractivity contribution in [2.75, 3.05) is 27.2 Å². The molecule has 4 rings (SSSR count). The highest BCUT2D eigenvalue weighted by Gasteiger charge is 2.45. The van der Waals surface area contributed by atoms with E-state index in [-0.39, 0.29) is 5.92 Å². The Morgan fingerprint density at radius 2 is 1.69 bits per heavy atom. The monoisotopic (exact) mass is 435 g/mol. The second kappa shape index (κ2) is 9.88. The molecule has 0 aliphatic heterocycles. The molecular weight excluding hydrogens is 400 g/mol. The smallest absolute Gasteiger partial charge is 0.231 e. The van der Waals surface area contributed by atoms with E-state index in [0.717, 1.165) is 60.2 Å². The van der Waals surface area contributed by atoms with Crippen molar-refractivity contribution in [2.24, 2.45) is 5.92 Å². The van der Waals surface area contributed by atoms with Gasteiger partial charge in [-0.25, -0.2) is 4.98 Å². The van der Waals surface area contributed by atoms with E-state index in [1.54, 1.807) is 6.20 Å². The van der Waals surface area contributed by atoms with Crippen molar-refractivity contribution in [3.8, 4) is 5.75 Å². The average Bonchev–Trinajstić information content (AvgIpc) is 3.50. The number of aromatic nitrogens is 1. The van der Waals surface area contributed by atoms with E-state index in [0.29, 0.717) is 19.0 Å². The first-order chi connectivity index (χ1) is 15.5. The number of ether oxygens (including phenoxy) is 1. The molecule has 0 amide bonds. The number of nitrogens with zero attached hydrogens (tertiary/aromatic N) is 2. The lowest BCUT2D eigenvalue weighted by Crippen LogP contribution is -2.40. The molecule has 1 atom stereocenters. The first-order valence-corrected chi connectivity index (χ1v) is 11.7. The van der Waals surface area contributed by atoms with Gasteiger partial charge in [0.15, 0.2) is 11.4 Å². The summed E-state index contributed by atoms with van der Waals surface area (Å²) >= 11 is 0. The van der Waals surface area contributed by atoms with Gasteiger partial charge in [0, 0.05) is 12.3 Å². The average molecular weight is 436 g/mol. The number of oxazole rings is 1. The van der Waals surface area contributed by atoms with Crippen LogP contribution in [0.1, 0.15) is 49.3 Å². The predicted octanol–water partition coefficient (Wildman–Crippen LogP) is 5.15. The second-order valence-corrected chi connectivity index (χ2v) is 9.58. The van der Waals surface area contributed by atoms with Gasteiger partial charge in [-0.05, 0) is 30.5 Å². The molecule has 32 heavy (non-hydrogen) atoms. The van der Waals surface area contributed by atoms with Crippen molar-refractivity contribution in [1.29, 1.82) is 0 Å². The van der Waals surface area contributed by atoms with Crippen molar-refractivity contribution in [2.45, 2.75) is 44.2 Å². The first kappa shape index (κ1) is 22.6. The van der Waals surface area contributed by atoms with Crippen LogP contribution in [-0.2, 0) is 12.1 Å². The zero-order valence-corrected chi connectivity index (χ0v) is 19.2. The van der Waals surface area contributed by atoms with Crippen LogP contribution in [0.2, 0.25) is 0 Å². The Bertz CT molecular complexity index is 965. The summed E-state index contributed by atoms with van der Waals surface area (Å²) in [4.78, 5) is 4.58. The third kappa shape index (κ3) is 5.22. The van der Waals surface area contributed by atoms with Gasteiger partial charge in [0.2, 0.25) is 5.89 Å². The lowest BCUT2D eigenvalue weighted by Gasteiger charge is -2.32. The SMILES string of the molecule is C[N+](C)(CCCOc1ccccc1)Cc1cnc(C(O)(c2ccccc2)C2CCCC2)o1. The number of hydrogen-bond acceptors (Lipinski definition) is 4. The standard InChI is InChI=1S/C27H35N2O3/c1-29(2,18-11-19-31-24-16-7-4-8-17-24)21-25-20-28-26(32-25)27(30,23-14-9-10-15-23)22-12-5-3-6-13-22/h3-8,12-13,16-17,20,23,30H,9-11,14-15,18-19,21H2,1-2H3/q+1. The molecule has 1 aliphatic rings. The molecule has 0 radical (unpaired) electrons. The normalized spacial score (nSPS) is 16.7. The second-order valence-electron chi connectivity index (χ2n) is 9.58. The van der Waals surface area contributed by atoms with E-state index < -0.39 is 5.60 Å². The molecule has 1 heterocycles. The molecule has 1 saturated carbocycles. The molecule has 3 aromatic rings. The predicted molar refractivity (Wildman–Crippen MR) is 125 cm³/mol. The molecule has 170 valence electrons. The topological polar surface area (TPSA) is 55.5 Å². The Hall–Kier alpha value is -2.63. The van der Waals surface area contributed by atoms with Crippen LogP contribution in [0, 0.1) is 5.92 Å². The van der Waals surface area contributed by atoms with E-state index in [4.69, 9.17) is 9.15 Å². The summed E-state index contributed by atoms with van der Waals surface area (Å²) in [6.45, 7) is 2.35. The van der Waals surface area contributed by atoms with Gasteiger partial charge in [0.1, 0.15) is 12.3 Å². The molecule has 1 N–H and O–H groups in total. The lowest BCUT2D eigenvalue weighted by atomic mass is 9.80. The van der Waals surface area contributed by atoms with Crippen LogP contribution in [0.15, 0.2) is 71.3 Å². The molecule has 0 bridgehead atoms. The molecular formula is C27H35N2O3+. The van der Waals surface area contributed by atoms with Crippen LogP contribution in [0.25, 0.3) is 0 Å². The summed E-state index contributed by atoms with van der Waals surface area (Å²) in [5.41, 5.74) is -0.302. The number of aliphatic hydroxyl groups is 1. The van der Waals surface area contributed by atoms with Crippen molar-refractivity contribution < 1.29 is 18.7 Å². The Morgan fingerprint density at radius 3 is 2.38 bits per heavy atom. The summed E-state index contributed by atoms with van der Waals surface area (Å²) in [7, 11) is 4.37. The van der Waals surface area contributed by atoms with Crippen molar-refractivity contribution >= 4 is 0 Å². The number of hydrogen-bond donors (Lipinski definition) is 1. The zero-order valence-electron chi connectivity index (χ0n) is 19.2. The maximum absolute atomic E-state index is 11.9. The minimum Gasteiger partial charge on any atom is -0.493 e. The number of benzene rings is 2. The highest BCUT2D eigenvalue weighted by molar-refractivity contribution is 5.30. The van der Waals surface area contributed by atoms with E-state index in [9.17, 15) is 5.11 Å². The molecule has 1 unspecified atom stereocenters. The minimum absolute atomic E-state index is 0.133. The van der Waals surface area contributed by atoms with Crippen molar-refractivity contribution in [1.82, 2.24) is 4.98 Å². The van der Waals surface area contributed by atoms with Gasteiger partial charge in [-0.1, -0.05) is 61.4 Å². The van der Waals surface area contributed by atoms with Gasteiger partial charge in [0.05, 0.1) is 33.4 Å². The molecule has 0 saturated heterocycles. The highest BCUT2D eigenvalue weighted by Crippen LogP contribution is 2.44. The van der Waals surface area contributed by atoms with Crippen molar-refractivity contribution in [3.05, 3.63) is 84.1 Å². The number of quaternary nitrogens is 1. The van der Waals surface area contributed by atoms with Crippen LogP contribution in [0.3, 0.4) is 0 Å². The van der Waals surface area contributed by atoms with Crippen LogP contribution in [0.5, 0.6) is 5.75 Å². The van der Waals surface area contributed by atoms with Crippen LogP contribution >= 0.6 is 0 Å². The Morgan fingerprint density at radius 1 is 1.03 bits per heavy atom. The largest absolute Gasteiger partial charge is 0.493 e. The fraction of sp³-hybridized carbons (Fsp3) is 0.444. The summed E-state index contributed by atoms with van der Waals surface area (Å²) < 4.78 is 12.8. The summed E-state index contributed by atoms with van der Waals surface area (Å²) in [5, 5.41) is 11.9. The summed E-state index contributed by atoms with van der Waals surface area (Å²) in [6.07, 6.45) is 7.00. The first-order valence-electron chi connectivity index (χ1n) is 11.7. The molecule has 0 spiro atoms. The van der Waals surface area contributed by atoms with Gasteiger partial charge >= 0.3 is 0 Å². The van der Waals surface area contributed by atoms with E-state index in [2.05, 4.69) is 19.1 Å². The van der Waals surface area contributed by atoms with Gasteiger partial charge in [-0.2, -0.15) is 0 Å². The fourth-order valence-corrected chi connectivity index (χ4v) is 4.83.